The van der Waals surface area contributed by atoms with Gasteiger partial charge in [0.05, 0.1) is 23.1 Å². The Morgan fingerprint density at radius 1 is 0.700 bits per heavy atom. The van der Waals surface area contributed by atoms with Crippen molar-refractivity contribution in [1.82, 2.24) is 13.5 Å². The largest absolute Gasteiger partial charge is 0.315 e. The fourth-order valence-corrected chi connectivity index (χ4v) is 5.88. The monoisotopic (exact) mass is 451 g/mol. The number of hydrogen-bond donors (Lipinski definition) is 0. The summed E-state index contributed by atoms with van der Waals surface area (Å²) in [5.41, 5.74) is 1.84. The van der Waals surface area contributed by atoms with E-state index in [0.29, 0.717) is 0 Å². The molecule has 1 fully saturated rings. The quantitative estimate of drug-likeness (QED) is 0.706. The van der Waals surface area contributed by atoms with E-state index in [-0.39, 0.29) is 36.2 Å². The Bertz CT molecular complexity index is 1040. The van der Waals surface area contributed by atoms with E-state index in [0.717, 1.165) is 19.7 Å². The van der Waals surface area contributed by atoms with Crippen molar-refractivity contribution >= 4 is 26.0 Å². The molecule has 0 spiro atoms. The molecule has 0 bridgehead atoms. The lowest BCUT2D eigenvalue weighted by atomic mass is 10.2. The van der Waals surface area contributed by atoms with Gasteiger partial charge in [-0.25, -0.2) is 16.8 Å². The number of benzene rings is 2. The Morgan fingerprint density at radius 3 is 1.33 bits per heavy atom. The molecule has 0 saturated carbocycles. The summed E-state index contributed by atoms with van der Waals surface area (Å²) >= 11 is 0. The van der Waals surface area contributed by atoms with Gasteiger partial charge in [0.15, 0.2) is 0 Å². The highest BCUT2D eigenvalue weighted by Gasteiger charge is 2.35. The van der Waals surface area contributed by atoms with Crippen LogP contribution in [-0.4, -0.2) is 62.7 Å². The predicted octanol–water partition coefficient (Wildman–Crippen LogP) is 1.76. The highest BCUT2D eigenvalue weighted by molar-refractivity contribution is 7.89. The average molecular weight is 452 g/mol. The van der Waals surface area contributed by atoms with Gasteiger partial charge in [0.25, 0.3) is 0 Å². The second-order valence-electron chi connectivity index (χ2n) is 7.33. The number of carbonyl (C=O) groups excluding carboxylic acids is 1. The maximum Gasteiger partial charge on any atom is 0.244 e. The topological polar surface area (TPSA) is 95.1 Å². The van der Waals surface area contributed by atoms with Crippen molar-refractivity contribution in [1.29, 1.82) is 0 Å². The van der Waals surface area contributed by atoms with Gasteiger partial charge in [-0.1, -0.05) is 35.4 Å². The number of amides is 1. The molecule has 0 aliphatic carbocycles. The van der Waals surface area contributed by atoms with Crippen molar-refractivity contribution in [3.63, 3.8) is 0 Å². The van der Waals surface area contributed by atoms with Crippen LogP contribution in [0.15, 0.2) is 58.3 Å². The summed E-state index contributed by atoms with van der Waals surface area (Å²) in [5.74, 6) is -0.412. The number of hydrogen-bond acceptors (Lipinski definition) is 5. The Hall–Kier alpha value is -2.27. The second kappa shape index (κ2) is 8.46. The predicted molar refractivity (Wildman–Crippen MR) is 112 cm³/mol. The third kappa shape index (κ3) is 4.56. The Kier molecular flexibility index (Phi) is 6.32. The molecule has 1 saturated heterocycles. The molecular formula is C20H25N3O5S2. The fourth-order valence-electron chi connectivity index (χ4n) is 3.10. The minimum atomic E-state index is -3.89. The van der Waals surface area contributed by atoms with Crippen LogP contribution < -0.4 is 0 Å². The van der Waals surface area contributed by atoms with E-state index >= 15 is 0 Å². The number of carbonyl (C=O) groups is 1. The van der Waals surface area contributed by atoms with E-state index in [4.69, 9.17) is 0 Å². The molecule has 1 amide bonds. The third-order valence-electron chi connectivity index (χ3n) is 5.02. The van der Waals surface area contributed by atoms with E-state index in [1.54, 1.807) is 24.3 Å². The first-order valence-corrected chi connectivity index (χ1v) is 12.3. The zero-order chi connectivity index (χ0) is 22.1. The van der Waals surface area contributed by atoms with E-state index in [1.807, 2.05) is 13.8 Å². The van der Waals surface area contributed by atoms with Gasteiger partial charge in [0, 0.05) is 20.0 Å². The van der Waals surface area contributed by atoms with E-state index in [9.17, 15) is 21.6 Å². The summed E-state index contributed by atoms with van der Waals surface area (Å²) < 4.78 is 54.7. The van der Waals surface area contributed by atoms with Crippen LogP contribution in [0.3, 0.4) is 0 Å². The summed E-state index contributed by atoms with van der Waals surface area (Å²) in [4.78, 5) is 13.6. The zero-order valence-corrected chi connectivity index (χ0v) is 18.8. The SMILES string of the molecule is CC(=O)N1CN(S(=O)(=O)c2ccc(C)cc2)CCN(S(=O)(=O)c2ccc(C)cc2)C1. The standard InChI is InChI=1S/C20H25N3O5S2/c1-16-4-8-19(9-5-16)29(25,26)22-12-13-23(15-21(14-22)18(3)24)30(27,28)20-10-6-17(2)7-11-20/h4-11H,12-15H2,1-3H3. The van der Waals surface area contributed by atoms with Gasteiger partial charge in [-0.3, -0.25) is 4.79 Å². The normalized spacial score (nSPS) is 17.0. The van der Waals surface area contributed by atoms with Gasteiger partial charge in [-0.05, 0) is 38.1 Å². The molecule has 0 atom stereocenters. The molecule has 0 aromatic heterocycles. The maximum absolute atomic E-state index is 13.1. The summed E-state index contributed by atoms with van der Waals surface area (Å²) in [7, 11) is -7.78. The van der Waals surface area contributed by atoms with Crippen molar-refractivity contribution in [2.45, 2.75) is 30.6 Å². The molecule has 10 heteroatoms. The molecule has 8 nitrogen and oxygen atoms in total. The van der Waals surface area contributed by atoms with Crippen LogP contribution in [0, 0.1) is 13.8 Å². The first-order chi connectivity index (χ1) is 14.0. The van der Waals surface area contributed by atoms with Crippen molar-refractivity contribution in [2.75, 3.05) is 26.4 Å². The summed E-state index contributed by atoms with van der Waals surface area (Å²) in [6.45, 7) is 4.44. The Balaban J connectivity index is 1.93. The highest BCUT2D eigenvalue weighted by atomic mass is 32.2. The van der Waals surface area contributed by atoms with Crippen molar-refractivity contribution in [2.24, 2.45) is 0 Å². The lowest BCUT2D eigenvalue weighted by Gasteiger charge is -2.27. The molecule has 162 valence electrons. The van der Waals surface area contributed by atoms with E-state index < -0.39 is 26.0 Å². The molecule has 1 aliphatic rings. The number of rotatable bonds is 4. The third-order valence-corrected chi connectivity index (χ3v) is 8.71. The van der Waals surface area contributed by atoms with Crippen molar-refractivity contribution in [3.05, 3.63) is 59.7 Å². The summed E-state index contributed by atoms with van der Waals surface area (Å²) in [5, 5.41) is 0. The van der Waals surface area contributed by atoms with Gasteiger partial charge < -0.3 is 4.90 Å². The van der Waals surface area contributed by atoms with Gasteiger partial charge in [0.2, 0.25) is 26.0 Å². The lowest BCUT2D eigenvalue weighted by Crippen LogP contribution is -2.44. The lowest BCUT2D eigenvalue weighted by molar-refractivity contribution is -0.130. The van der Waals surface area contributed by atoms with Crippen LogP contribution in [0.5, 0.6) is 0 Å². The van der Waals surface area contributed by atoms with Crippen LogP contribution in [0.2, 0.25) is 0 Å². The molecule has 1 aliphatic heterocycles. The molecule has 3 rings (SSSR count). The van der Waals surface area contributed by atoms with Crippen molar-refractivity contribution in [3.8, 4) is 0 Å². The number of sulfonamides is 2. The van der Waals surface area contributed by atoms with Gasteiger partial charge in [-0.15, -0.1) is 0 Å². The minimum Gasteiger partial charge on any atom is -0.315 e. The molecule has 2 aromatic rings. The molecule has 30 heavy (non-hydrogen) atoms. The van der Waals surface area contributed by atoms with Crippen LogP contribution in [0.4, 0.5) is 0 Å². The number of nitrogens with zero attached hydrogens (tertiary/aromatic N) is 3. The van der Waals surface area contributed by atoms with E-state index in [1.165, 1.54) is 36.1 Å². The smallest absolute Gasteiger partial charge is 0.244 e. The Labute approximate surface area is 177 Å². The molecule has 0 radical (unpaired) electrons. The second-order valence-corrected chi connectivity index (χ2v) is 11.2. The van der Waals surface area contributed by atoms with Crippen LogP contribution in [0.1, 0.15) is 18.1 Å². The Morgan fingerprint density at radius 2 is 1.03 bits per heavy atom. The van der Waals surface area contributed by atoms with Crippen LogP contribution in [-0.2, 0) is 24.8 Å². The fraction of sp³-hybridized carbons (Fsp3) is 0.350. The number of aryl methyl sites for hydroxylation is 2. The average Bonchev–Trinajstić information content (AvgIpc) is 2.93. The summed E-state index contributed by atoms with van der Waals surface area (Å²) in [6.07, 6.45) is 0. The van der Waals surface area contributed by atoms with Gasteiger partial charge in [-0.2, -0.15) is 8.61 Å². The maximum atomic E-state index is 13.1. The molecule has 1 heterocycles. The van der Waals surface area contributed by atoms with Gasteiger partial charge in [0.1, 0.15) is 0 Å². The van der Waals surface area contributed by atoms with Crippen LogP contribution >= 0.6 is 0 Å². The summed E-state index contributed by atoms with van der Waals surface area (Å²) in [6, 6.07) is 12.8. The van der Waals surface area contributed by atoms with Crippen LogP contribution in [0.25, 0.3) is 0 Å². The molecule has 2 aromatic carbocycles. The van der Waals surface area contributed by atoms with Gasteiger partial charge >= 0.3 is 0 Å². The molecule has 0 unspecified atom stereocenters. The minimum absolute atomic E-state index is 0.0644. The van der Waals surface area contributed by atoms with E-state index in [2.05, 4.69) is 0 Å². The first-order valence-electron chi connectivity index (χ1n) is 9.41. The highest BCUT2D eigenvalue weighted by Crippen LogP contribution is 2.22. The van der Waals surface area contributed by atoms with Crippen molar-refractivity contribution < 1.29 is 21.6 Å². The molecular weight excluding hydrogens is 426 g/mol. The first kappa shape index (κ1) is 22.4. The zero-order valence-electron chi connectivity index (χ0n) is 17.1. The molecule has 0 N–H and O–H groups in total.